The molecule has 0 saturated carbocycles. The van der Waals surface area contributed by atoms with Gasteiger partial charge in [-0.15, -0.1) is 0 Å². The molecule has 1 aromatic carbocycles. The van der Waals surface area contributed by atoms with Crippen LogP contribution in [-0.4, -0.2) is 41.2 Å². The van der Waals surface area contributed by atoms with Crippen LogP contribution in [0.4, 0.5) is 0 Å². The fourth-order valence-electron chi connectivity index (χ4n) is 2.05. The Balaban J connectivity index is 2.19. The molecule has 1 aromatic heterocycles. The van der Waals surface area contributed by atoms with Crippen molar-refractivity contribution in [2.75, 3.05) is 20.3 Å². The van der Waals surface area contributed by atoms with Crippen LogP contribution in [0.1, 0.15) is 16.1 Å². The van der Waals surface area contributed by atoms with Crippen molar-refractivity contribution in [1.82, 2.24) is 9.88 Å². The number of methoxy groups -OCH3 is 1. The number of aliphatic hydroxyl groups is 1. The highest BCUT2D eigenvalue weighted by molar-refractivity contribution is 5.92. The summed E-state index contributed by atoms with van der Waals surface area (Å²) in [7, 11) is 1.60. The topological polar surface area (TPSA) is 65.6 Å². The van der Waals surface area contributed by atoms with Crippen LogP contribution in [0.2, 0.25) is 0 Å². The number of nitrogens with one attached hydrogen (secondary N) is 1. The lowest BCUT2D eigenvalue weighted by Gasteiger charge is -2.22. The number of benzene rings is 1. The predicted molar refractivity (Wildman–Crippen MR) is 75.6 cm³/mol. The van der Waals surface area contributed by atoms with Gasteiger partial charge in [0.2, 0.25) is 0 Å². The monoisotopic (exact) mass is 274 g/mol. The van der Waals surface area contributed by atoms with Gasteiger partial charge in [-0.05, 0) is 18.2 Å². The van der Waals surface area contributed by atoms with Crippen LogP contribution in [0.15, 0.2) is 42.6 Å². The van der Waals surface area contributed by atoms with Gasteiger partial charge < -0.3 is 19.7 Å². The van der Waals surface area contributed by atoms with Gasteiger partial charge in [0.25, 0.3) is 5.91 Å². The lowest BCUT2D eigenvalue weighted by atomic mass is 10.2. The van der Waals surface area contributed by atoms with Gasteiger partial charge >= 0.3 is 0 Å². The number of rotatable bonds is 6. The molecule has 5 heteroatoms. The second kappa shape index (κ2) is 6.77. The number of H-pyrrole nitrogens is 1. The van der Waals surface area contributed by atoms with E-state index in [1.165, 1.54) is 0 Å². The lowest BCUT2D eigenvalue weighted by molar-refractivity contribution is 0.0701. The van der Waals surface area contributed by atoms with Gasteiger partial charge in [-0.3, -0.25) is 4.79 Å². The molecule has 2 N–H and O–H groups in total. The Morgan fingerprint density at radius 2 is 2.10 bits per heavy atom. The Hall–Kier alpha value is -2.27. The molecule has 106 valence electrons. The molecule has 0 radical (unpaired) electrons. The number of carbonyl (C=O) groups excluding carboxylic acids is 1. The molecule has 5 nitrogen and oxygen atoms in total. The summed E-state index contributed by atoms with van der Waals surface area (Å²) in [6.07, 6.45) is 1.70. The number of hydrogen-bond donors (Lipinski definition) is 2. The molecule has 0 aliphatic carbocycles. The van der Waals surface area contributed by atoms with Gasteiger partial charge in [-0.2, -0.15) is 0 Å². The average Bonchev–Trinajstić information content (AvgIpc) is 3.01. The maximum absolute atomic E-state index is 12.3. The number of nitrogens with zero attached hydrogens (tertiary/aromatic N) is 1. The maximum atomic E-state index is 12.3. The molecule has 2 rings (SSSR count). The predicted octanol–water partition coefficient (Wildman–Crippen LogP) is 1.66. The molecule has 0 unspecified atom stereocenters. The highest BCUT2D eigenvalue weighted by Crippen LogP contribution is 2.20. The SMILES string of the molecule is COc1ccccc1CN(CCO)C(=O)c1ccc[nH]1. The van der Waals surface area contributed by atoms with Crippen molar-refractivity contribution in [3.63, 3.8) is 0 Å². The second-order valence-corrected chi connectivity index (χ2v) is 4.35. The number of amides is 1. The summed E-state index contributed by atoms with van der Waals surface area (Å²) < 4.78 is 5.29. The number of aliphatic hydroxyl groups excluding tert-OH is 1. The first-order chi connectivity index (χ1) is 9.76. The van der Waals surface area contributed by atoms with Crippen LogP contribution in [0.25, 0.3) is 0 Å². The summed E-state index contributed by atoms with van der Waals surface area (Å²) in [5.74, 6) is 0.588. The molecular weight excluding hydrogens is 256 g/mol. The zero-order chi connectivity index (χ0) is 14.4. The Bertz CT molecular complexity index is 552. The number of aromatic amines is 1. The van der Waals surface area contributed by atoms with E-state index in [-0.39, 0.29) is 19.1 Å². The molecule has 0 aliphatic rings. The standard InChI is InChI=1S/C15H18N2O3/c1-20-14-7-3-2-5-12(14)11-17(9-10-18)15(19)13-6-4-8-16-13/h2-8,16,18H,9-11H2,1H3. The van der Waals surface area contributed by atoms with E-state index in [9.17, 15) is 4.79 Å². The fourth-order valence-corrected chi connectivity index (χ4v) is 2.05. The zero-order valence-electron chi connectivity index (χ0n) is 11.4. The molecule has 1 amide bonds. The van der Waals surface area contributed by atoms with Crippen molar-refractivity contribution in [3.05, 3.63) is 53.9 Å². The van der Waals surface area contributed by atoms with Crippen LogP contribution < -0.4 is 4.74 Å². The van der Waals surface area contributed by atoms with Crippen molar-refractivity contribution >= 4 is 5.91 Å². The van der Waals surface area contributed by atoms with Crippen molar-refractivity contribution in [3.8, 4) is 5.75 Å². The van der Waals surface area contributed by atoms with E-state index in [1.807, 2.05) is 24.3 Å². The minimum absolute atomic E-state index is 0.0817. The van der Waals surface area contributed by atoms with Gasteiger partial charge in [-0.25, -0.2) is 0 Å². The summed E-state index contributed by atoms with van der Waals surface area (Å²) in [4.78, 5) is 16.8. The average molecular weight is 274 g/mol. The summed E-state index contributed by atoms with van der Waals surface area (Å²) in [6, 6.07) is 11.0. The van der Waals surface area contributed by atoms with E-state index in [2.05, 4.69) is 4.98 Å². The van der Waals surface area contributed by atoms with E-state index in [0.717, 1.165) is 11.3 Å². The first-order valence-electron chi connectivity index (χ1n) is 6.41. The number of aromatic nitrogens is 1. The first-order valence-corrected chi connectivity index (χ1v) is 6.41. The van der Waals surface area contributed by atoms with Gasteiger partial charge in [0.1, 0.15) is 11.4 Å². The van der Waals surface area contributed by atoms with Crippen molar-refractivity contribution < 1.29 is 14.6 Å². The zero-order valence-corrected chi connectivity index (χ0v) is 11.4. The van der Waals surface area contributed by atoms with Crippen LogP contribution in [-0.2, 0) is 6.54 Å². The molecule has 0 spiro atoms. The van der Waals surface area contributed by atoms with Crippen molar-refractivity contribution in [2.24, 2.45) is 0 Å². The number of hydrogen-bond acceptors (Lipinski definition) is 3. The molecule has 0 fully saturated rings. The number of para-hydroxylation sites is 1. The van der Waals surface area contributed by atoms with Crippen LogP contribution in [0.5, 0.6) is 5.75 Å². The Morgan fingerprint density at radius 1 is 1.30 bits per heavy atom. The fraction of sp³-hybridized carbons (Fsp3) is 0.267. The van der Waals surface area contributed by atoms with Gasteiger partial charge in [-0.1, -0.05) is 18.2 Å². The van der Waals surface area contributed by atoms with Crippen LogP contribution in [0.3, 0.4) is 0 Å². The first kappa shape index (κ1) is 14.1. The highest BCUT2D eigenvalue weighted by Gasteiger charge is 2.17. The van der Waals surface area contributed by atoms with Gasteiger partial charge in [0, 0.05) is 24.8 Å². The van der Waals surface area contributed by atoms with Crippen molar-refractivity contribution in [2.45, 2.75) is 6.54 Å². The highest BCUT2D eigenvalue weighted by atomic mass is 16.5. The van der Waals surface area contributed by atoms with Crippen LogP contribution >= 0.6 is 0 Å². The van der Waals surface area contributed by atoms with Crippen molar-refractivity contribution in [1.29, 1.82) is 0 Å². The van der Waals surface area contributed by atoms with Gasteiger partial charge in [0.05, 0.1) is 13.7 Å². The quantitative estimate of drug-likeness (QED) is 0.842. The maximum Gasteiger partial charge on any atom is 0.270 e. The van der Waals surface area contributed by atoms with E-state index >= 15 is 0 Å². The summed E-state index contributed by atoms with van der Waals surface area (Å²) >= 11 is 0. The van der Waals surface area contributed by atoms with Gasteiger partial charge in [0.15, 0.2) is 0 Å². The third-order valence-electron chi connectivity index (χ3n) is 3.04. The summed E-state index contributed by atoms with van der Waals surface area (Å²) in [5, 5.41) is 9.15. The third-order valence-corrected chi connectivity index (χ3v) is 3.04. The smallest absolute Gasteiger partial charge is 0.270 e. The van der Waals surface area contributed by atoms with E-state index in [1.54, 1.807) is 30.3 Å². The number of ether oxygens (including phenoxy) is 1. The molecule has 2 aromatic rings. The Morgan fingerprint density at radius 3 is 2.75 bits per heavy atom. The summed E-state index contributed by atoms with van der Waals surface area (Å²) in [5.41, 5.74) is 1.41. The Kier molecular flexibility index (Phi) is 4.79. The van der Waals surface area contributed by atoms with E-state index in [4.69, 9.17) is 9.84 Å². The molecule has 20 heavy (non-hydrogen) atoms. The normalized spacial score (nSPS) is 10.3. The molecular formula is C15H18N2O3. The lowest BCUT2D eigenvalue weighted by Crippen LogP contribution is -2.33. The molecule has 0 aliphatic heterocycles. The van der Waals surface area contributed by atoms with Crippen LogP contribution in [0, 0.1) is 0 Å². The molecule has 0 saturated heterocycles. The van der Waals surface area contributed by atoms with E-state index in [0.29, 0.717) is 12.2 Å². The summed E-state index contributed by atoms with van der Waals surface area (Å²) in [6.45, 7) is 0.583. The molecule has 0 atom stereocenters. The minimum atomic E-state index is -0.144. The van der Waals surface area contributed by atoms with E-state index < -0.39 is 0 Å². The third kappa shape index (κ3) is 3.19. The number of carbonyl (C=O) groups is 1. The molecule has 0 bridgehead atoms. The molecule has 1 heterocycles. The second-order valence-electron chi connectivity index (χ2n) is 4.35. The Labute approximate surface area is 117 Å². The largest absolute Gasteiger partial charge is 0.496 e. The minimum Gasteiger partial charge on any atom is -0.496 e.